The molecule has 1 unspecified atom stereocenters. The molecule has 0 saturated carbocycles. The molecule has 0 heterocycles. The molecule has 0 spiro atoms. The summed E-state index contributed by atoms with van der Waals surface area (Å²) in [5.41, 5.74) is 8.96. The van der Waals surface area contributed by atoms with Gasteiger partial charge in [0.15, 0.2) is 0 Å². The molecule has 1 aromatic rings. The molecule has 1 atom stereocenters. The van der Waals surface area contributed by atoms with E-state index < -0.39 is 0 Å². The van der Waals surface area contributed by atoms with Gasteiger partial charge in [0.05, 0.1) is 0 Å². The van der Waals surface area contributed by atoms with E-state index in [0.29, 0.717) is 0 Å². The number of hydrogen-bond donors (Lipinski definition) is 0. The fourth-order valence-electron chi connectivity index (χ4n) is 1.26. The molecule has 0 amide bonds. The minimum atomic E-state index is -0.0221. The second-order valence-electron chi connectivity index (χ2n) is 3.11. The van der Waals surface area contributed by atoms with Gasteiger partial charge in [0, 0.05) is 0 Å². The van der Waals surface area contributed by atoms with Gasteiger partial charge in [-0.15, -0.1) is 6.04 Å². The van der Waals surface area contributed by atoms with Crippen molar-refractivity contribution < 1.29 is 12.4 Å². The number of rotatable bonds is 4. The van der Waals surface area contributed by atoms with Crippen LogP contribution in [0.15, 0.2) is 30.3 Å². The first-order valence-corrected chi connectivity index (χ1v) is 4.60. The van der Waals surface area contributed by atoms with E-state index in [0.717, 1.165) is 18.4 Å². The van der Waals surface area contributed by atoms with Crippen LogP contribution < -0.4 is 12.4 Å². The third kappa shape index (κ3) is 5.86. The van der Waals surface area contributed by atoms with Crippen LogP contribution >= 0.6 is 0 Å². The first-order valence-electron chi connectivity index (χ1n) is 4.60. The summed E-state index contributed by atoms with van der Waals surface area (Å²) in [4.78, 5) is 0. The Bertz CT molecular complexity index is 216. The summed E-state index contributed by atoms with van der Waals surface area (Å²) in [7, 11) is 0. The van der Waals surface area contributed by atoms with Crippen LogP contribution in [-0.2, 0) is 0 Å². The average Bonchev–Trinajstić information content (AvgIpc) is 2.15. The predicted octanol–water partition coefficient (Wildman–Crippen LogP) is 0.593. The second-order valence-corrected chi connectivity index (χ2v) is 3.11. The van der Waals surface area contributed by atoms with Crippen molar-refractivity contribution in [3.8, 4) is 0 Å². The van der Waals surface area contributed by atoms with Crippen LogP contribution in [0.4, 0.5) is 0 Å². The maximum absolute atomic E-state index is 7.82. The number of nitrogens with one attached hydrogen (secondary N) is 1. The number of hydrogen-bond acceptors (Lipinski definition) is 0. The topological polar surface area (TPSA) is 23.8 Å². The molecule has 0 fully saturated rings. The summed E-state index contributed by atoms with van der Waals surface area (Å²) < 4.78 is 0. The van der Waals surface area contributed by atoms with Crippen molar-refractivity contribution in [1.82, 2.24) is 0 Å². The molecule has 1 N–H and O–H groups in total. The zero-order valence-corrected chi connectivity index (χ0v) is 10.8. The Kier molecular flexibility index (Phi) is 11.6. The maximum Gasteiger partial charge on any atom is 2.00 e. The molecule has 14 heavy (non-hydrogen) atoms. The van der Waals surface area contributed by atoms with Crippen LogP contribution in [0.5, 0.6) is 0 Å². The standard InChI is InChI=1S/C11H16N.ClH.Mg/c1-2-3-9-11(12)10-7-5-4-6-8-10;;/h4-8,11-12H,2-3,9H2,1H3;1H;/q-1;;+2/p-1. The monoisotopic (exact) mass is 221 g/mol. The van der Waals surface area contributed by atoms with E-state index in [1.165, 1.54) is 6.42 Å². The number of unbranched alkanes of at least 4 members (excludes halogenated alkanes) is 1. The van der Waals surface area contributed by atoms with Gasteiger partial charge in [0.25, 0.3) is 0 Å². The van der Waals surface area contributed by atoms with Crippen molar-refractivity contribution in [2.45, 2.75) is 32.2 Å². The van der Waals surface area contributed by atoms with E-state index in [9.17, 15) is 0 Å². The Labute approximate surface area is 109 Å². The molecule has 0 aromatic heterocycles. The van der Waals surface area contributed by atoms with E-state index in [1.54, 1.807) is 0 Å². The van der Waals surface area contributed by atoms with Gasteiger partial charge in [-0.3, -0.25) is 0 Å². The van der Waals surface area contributed by atoms with Crippen LogP contribution in [0.2, 0.25) is 0 Å². The quantitative estimate of drug-likeness (QED) is 0.666. The first-order chi connectivity index (χ1) is 5.84. The van der Waals surface area contributed by atoms with Gasteiger partial charge >= 0.3 is 23.1 Å². The minimum absolute atomic E-state index is 0. The van der Waals surface area contributed by atoms with Crippen LogP contribution in [0.1, 0.15) is 37.8 Å². The van der Waals surface area contributed by atoms with E-state index in [1.807, 2.05) is 30.3 Å². The molecular formula is C11H16ClMgN. The Balaban J connectivity index is 0. The molecule has 0 radical (unpaired) electrons. The number of benzene rings is 1. The summed E-state index contributed by atoms with van der Waals surface area (Å²) in [6.45, 7) is 2.16. The van der Waals surface area contributed by atoms with Gasteiger partial charge in [-0.1, -0.05) is 62.1 Å². The molecule has 1 nitrogen and oxygen atoms in total. The van der Waals surface area contributed by atoms with Crippen molar-refractivity contribution in [3.05, 3.63) is 41.6 Å². The third-order valence-corrected chi connectivity index (χ3v) is 2.05. The van der Waals surface area contributed by atoms with Gasteiger partial charge in [0.2, 0.25) is 0 Å². The van der Waals surface area contributed by atoms with Crippen LogP contribution in [0.25, 0.3) is 5.73 Å². The first kappa shape index (κ1) is 16.7. The molecule has 74 valence electrons. The minimum Gasteiger partial charge on any atom is -1.00 e. The van der Waals surface area contributed by atoms with Crippen molar-refractivity contribution in [2.75, 3.05) is 0 Å². The molecule has 0 bridgehead atoms. The second kappa shape index (κ2) is 9.78. The molecule has 0 saturated heterocycles. The molecule has 1 aromatic carbocycles. The molecule has 3 heteroatoms. The average molecular weight is 222 g/mol. The summed E-state index contributed by atoms with van der Waals surface area (Å²) in [5.74, 6) is 0. The largest absolute Gasteiger partial charge is 2.00 e. The van der Waals surface area contributed by atoms with Crippen molar-refractivity contribution >= 4 is 23.1 Å². The smallest absolute Gasteiger partial charge is 1.00 e. The zero-order valence-electron chi connectivity index (χ0n) is 8.67. The predicted molar refractivity (Wildman–Crippen MR) is 58.8 cm³/mol. The van der Waals surface area contributed by atoms with E-state index in [2.05, 4.69) is 6.92 Å². The third-order valence-electron chi connectivity index (χ3n) is 2.05. The molecule has 0 aliphatic carbocycles. The summed E-state index contributed by atoms with van der Waals surface area (Å²) in [6, 6.07) is 10.0. The summed E-state index contributed by atoms with van der Waals surface area (Å²) in [6.07, 6.45) is 3.33. The molecule has 1 rings (SSSR count). The molecule has 0 aliphatic rings. The Morgan fingerprint density at radius 3 is 2.29 bits per heavy atom. The van der Waals surface area contributed by atoms with Gasteiger partial charge < -0.3 is 18.1 Å². The van der Waals surface area contributed by atoms with Crippen molar-refractivity contribution in [1.29, 1.82) is 0 Å². The van der Waals surface area contributed by atoms with E-state index in [-0.39, 0.29) is 41.5 Å². The zero-order chi connectivity index (χ0) is 8.81. The SMILES string of the molecule is CCCCC([NH-])c1ccccc1.[Cl-].[Mg+2]. The van der Waals surface area contributed by atoms with Gasteiger partial charge in [0.1, 0.15) is 0 Å². The fraction of sp³-hybridized carbons (Fsp3) is 0.455. The van der Waals surface area contributed by atoms with Crippen molar-refractivity contribution in [3.63, 3.8) is 0 Å². The number of halogens is 1. The summed E-state index contributed by atoms with van der Waals surface area (Å²) >= 11 is 0. The van der Waals surface area contributed by atoms with Crippen LogP contribution in [-0.4, -0.2) is 23.1 Å². The summed E-state index contributed by atoms with van der Waals surface area (Å²) in [5, 5.41) is 0. The fourth-order valence-corrected chi connectivity index (χ4v) is 1.26. The van der Waals surface area contributed by atoms with E-state index >= 15 is 0 Å². The van der Waals surface area contributed by atoms with Crippen LogP contribution in [0.3, 0.4) is 0 Å². The van der Waals surface area contributed by atoms with Crippen LogP contribution in [0, 0.1) is 0 Å². The Hall–Kier alpha value is 0.236. The molecule has 0 aliphatic heterocycles. The maximum atomic E-state index is 7.82. The normalized spacial score (nSPS) is 11.0. The van der Waals surface area contributed by atoms with E-state index in [4.69, 9.17) is 5.73 Å². The Morgan fingerprint density at radius 2 is 1.79 bits per heavy atom. The Morgan fingerprint density at radius 1 is 1.21 bits per heavy atom. The molecular weight excluding hydrogens is 206 g/mol. The van der Waals surface area contributed by atoms with Gasteiger partial charge in [-0.2, -0.15) is 0 Å². The van der Waals surface area contributed by atoms with Gasteiger partial charge in [-0.05, 0) is 0 Å². The van der Waals surface area contributed by atoms with Gasteiger partial charge in [-0.25, -0.2) is 0 Å². The van der Waals surface area contributed by atoms with Crippen molar-refractivity contribution in [2.24, 2.45) is 0 Å².